The van der Waals surface area contributed by atoms with Crippen LogP contribution >= 0.6 is 11.3 Å². The van der Waals surface area contributed by atoms with Gasteiger partial charge in [-0.3, -0.25) is 0 Å². The summed E-state index contributed by atoms with van der Waals surface area (Å²) in [7, 11) is 0. The van der Waals surface area contributed by atoms with E-state index in [1.165, 1.54) is 32.3 Å². The number of hydrogen-bond acceptors (Lipinski definition) is 6. The van der Waals surface area contributed by atoms with Gasteiger partial charge < -0.3 is 4.42 Å². The number of thiophene rings is 1. The van der Waals surface area contributed by atoms with E-state index in [-0.39, 0.29) is 0 Å². The van der Waals surface area contributed by atoms with Crippen LogP contribution in [-0.4, -0.2) is 19.9 Å². The maximum absolute atomic E-state index is 6.32. The van der Waals surface area contributed by atoms with Crippen molar-refractivity contribution in [3.8, 4) is 45.6 Å². The van der Waals surface area contributed by atoms with Crippen LogP contribution in [-0.2, 0) is 0 Å². The summed E-state index contributed by atoms with van der Waals surface area (Å²) in [5.74, 6) is 2.46. The number of aromatic nitrogens is 4. The first-order valence-electron chi connectivity index (χ1n) is 17.2. The molecular weight excluding hydrogens is 657 g/mol. The Hall–Kier alpha value is -6.76. The molecule has 8 aromatic carbocycles. The van der Waals surface area contributed by atoms with Crippen molar-refractivity contribution in [2.45, 2.75) is 0 Å². The number of oxazole rings is 1. The van der Waals surface area contributed by atoms with Gasteiger partial charge in [-0.25, -0.2) is 19.9 Å². The Bertz CT molecular complexity index is 3130. The third-order valence-electron chi connectivity index (χ3n) is 9.96. The molecule has 0 saturated heterocycles. The third-order valence-corrected chi connectivity index (χ3v) is 11.1. The molecule has 0 fully saturated rings. The molecule has 11 rings (SSSR count). The fourth-order valence-electron chi connectivity index (χ4n) is 7.61. The summed E-state index contributed by atoms with van der Waals surface area (Å²) < 4.78 is 8.61. The van der Waals surface area contributed by atoms with Crippen LogP contribution in [0, 0.1) is 0 Å². The van der Waals surface area contributed by atoms with Crippen molar-refractivity contribution in [2.24, 2.45) is 0 Å². The highest BCUT2D eigenvalue weighted by molar-refractivity contribution is 7.26. The van der Waals surface area contributed by atoms with E-state index in [0.717, 1.165) is 53.5 Å². The van der Waals surface area contributed by atoms with Crippen molar-refractivity contribution in [3.63, 3.8) is 0 Å². The van der Waals surface area contributed by atoms with Crippen molar-refractivity contribution in [3.05, 3.63) is 158 Å². The molecule has 0 aliphatic rings. The number of nitrogens with zero attached hydrogens (tertiary/aromatic N) is 4. The predicted molar refractivity (Wildman–Crippen MR) is 215 cm³/mol. The highest BCUT2D eigenvalue weighted by Gasteiger charge is 2.21. The molecular formula is C46H26N4OS. The number of para-hydroxylation sites is 2. The van der Waals surface area contributed by atoms with Gasteiger partial charge in [-0.1, -0.05) is 121 Å². The first-order chi connectivity index (χ1) is 25.8. The van der Waals surface area contributed by atoms with Crippen molar-refractivity contribution >= 4 is 74.9 Å². The average Bonchev–Trinajstić information content (AvgIpc) is 3.83. The van der Waals surface area contributed by atoms with Gasteiger partial charge in [0, 0.05) is 42.4 Å². The zero-order valence-electron chi connectivity index (χ0n) is 27.6. The van der Waals surface area contributed by atoms with E-state index < -0.39 is 0 Å². The van der Waals surface area contributed by atoms with Crippen LogP contribution in [0.5, 0.6) is 0 Å². The molecule has 5 nitrogen and oxygen atoms in total. The number of hydrogen-bond donors (Lipinski definition) is 0. The van der Waals surface area contributed by atoms with Gasteiger partial charge in [-0.2, -0.15) is 0 Å². The summed E-state index contributed by atoms with van der Waals surface area (Å²) >= 11 is 1.75. The minimum Gasteiger partial charge on any atom is -0.436 e. The molecule has 6 heteroatoms. The first-order valence-corrected chi connectivity index (χ1v) is 18.0. The lowest BCUT2D eigenvalue weighted by Crippen LogP contribution is -2.00. The van der Waals surface area contributed by atoms with Gasteiger partial charge in [0.25, 0.3) is 0 Å². The highest BCUT2D eigenvalue weighted by atomic mass is 32.1. The lowest BCUT2D eigenvalue weighted by Gasteiger charge is -2.13. The van der Waals surface area contributed by atoms with Gasteiger partial charge in [-0.15, -0.1) is 11.3 Å². The maximum atomic E-state index is 6.32. The number of rotatable bonds is 4. The summed E-state index contributed by atoms with van der Waals surface area (Å²) in [4.78, 5) is 20.5. The van der Waals surface area contributed by atoms with E-state index in [4.69, 9.17) is 24.4 Å². The summed E-state index contributed by atoms with van der Waals surface area (Å²) in [6.07, 6.45) is 0. The Labute approximate surface area is 301 Å². The van der Waals surface area contributed by atoms with Crippen molar-refractivity contribution in [1.29, 1.82) is 0 Å². The molecule has 3 heterocycles. The van der Waals surface area contributed by atoms with Gasteiger partial charge in [-0.05, 0) is 68.7 Å². The minimum atomic E-state index is 0.596. The number of fused-ring (bicyclic) bond motifs is 10. The van der Waals surface area contributed by atoms with E-state index in [1.807, 2.05) is 42.5 Å². The second kappa shape index (κ2) is 11.4. The molecule has 0 atom stereocenters. The van der Waals surface area contributed by atoms with Crippen molar-refractivity contribution in [1.82, 2.24) is 19.9 Å². The molecule has 0 aliphatic carbocycles. The topological polar surface area (TPSA) is 64.7 Å². The monoisotopic (exact) mass is 682 g/mol. The van der Waals surface area contributed by atoms with E-state index in [9.17, 15) is 0 Å². The molecule has 0 N–H and O–H groups in total. The van der Waals surface area contributed by atoms with Crippen molar-refractivity contribution < 1.29 is 4.42 Å². The zero-order chi connectivity index (χ0) is 34.2. The molecule has 0 saturated carbocycles. The fourth-order valence-corrected chi connectivity index (χ4v) is 8.77. The Morgan fingerprint density at radius 1 is 0.385 bits per heavy atom. The highest BCUT2D eigenvalue weighted by Crippen LogP contribution is 2.44. The Morgan fingerprint density at radius 3 is 1.65 bits per heavy atom. The van der Waals surface area contributed by atoms with Gasteiger partial charge in [0.1, 0.15) is 5.52 Å². The molecule has 0 spiro atoms. The van der Waals surface area contributed by atoms with Gasteiger partial charge >= 0.3 is 0 Å². The predicted octanol–water partition coefficient (Wildman–Crippen LogP) is 12.5. The largest absolute Gasteiger partial charge is 0.436 e. The van der Waals surface area contributed by atoms with Crippen molar-refractivity contribution in [2.75, 3.05) is 0 Å². The lowest BCUT2D eigenvalue weighted by molar-refractivity contribution is 0.620. The van der Waals surface area contributed by atoms with Crippen LogP contribution < -0.4 is 0 Å². The van der Waals surface area contributed by atoms with E-state index in [2.05, 4.69) is 115 Å². The van der Waals surface area contributed by atoms with Crippen LogP contribution in [0.1, 0.15) is 0 Å². The summed E-state index contributed by atoms with van der Waals surface area (Å²) in [6.45, 7) is 0. The first kappa shape index (κ1) is 29.0. The quantitative estimate of drug-likeness (QED) is 0.173. The van der Waals surface area contributed by atoms with Gasteiger partial charge in [0.15, 0.2) is 23.1 Å². The summed E-state index contributed by atoms with van der Waals surface area (Å²) in [5, 5.41) is 9.45. The smallest absolute Gasteiger partial charge is 0.227 e. The second-order valence-electron chi connectivity index (χ2n) is 13.0. The molecule has 3 aromatic heterocycles. The molecule has 242 valence electrons. The SMILES string of the molecule is c1ccc(-c2nc(-c3ccc4c5ccccc5c5ccccc5c4c3)nc(-c3cccc4sc5cccc(-c6nc7ccccc7o6)c5c34)n2)cc1. The zero-order valence-corrected chi connectivity index (χ0v) is 28.4. The van der Waals surface area contributed by atoms with Crippen LogP contribution in [0.25, 0.3) is 109 Å². The molecule has 52 heavy (non-hydrogen) atoms. The normalized spacial score (nSPS) is 11.8. The molecule has 0 bridgehead atoms. The maximum Gasteiger partial charge on any atom is 0.227 e. The van der Waals surface area contributed by atoms with Crippen LogP contribution in [0.15, 0.2) is 162 Å². The molecule has 11 aromatic rings. The fraction of sp³-hybridized carbons (Fsp3) is 0. The van der Waals surface area contributed by atoms with E-state index >= 15 is 0 Å². The standard InChI is InChI=1S/C46H26N4OS/c1-2-12-27(13-3-1)43-48-44(28-24-25-33-31-16-5-4-14-29(31)30-15-6-7-17-32(30)36(33)26-28)50-45(49-43)34-18-10-22-39-41(34)42-35(19-11-23-40(42)52-39)46-47-37-20-8-9-21-38(37)51-46/h1-26H. The molecule has 0 amide bonds. The molecule has 0 aliphatic heterocycles. The van der Waals surface area contributed by atoms with E-state index in [0.29, 0.717) is 23.4 Å². The third kappa shape index (κ3) is 4.48. The van der Waals surface area contributed by atoms with Crippen LogP contribution in [0.3, 0.4) is 0 Å². The number of benzene rings is 8. The lowest BCUT2D eigenvalue weighted by atomic mass is 9.93. The molecule has 0 unspecified atom stereocenters. The minimum absolute atomic E-state index is 0.596. The van der Waals surface area contributed by atoms with Gasteiger partial charge in [0.05, 0.1) is 0 Å². The Morgan fingerprint density at radius 2 is 0.942 bits per heavy atom. The average molecular weight is 683 g/mol. The van der Waals surface area contributed by atoms with Crippen LogP contribution in [0.4, 0.5) is 0 Å². The Kier molecular flexibility index (Phi) is 6.35. The van der Waals surface area contributed by atoms with E-state index in [1.54, 1.807) is 11.3 Å². The summed E-state index contributed by atoms with van der Waals surface area (Å²) in [6, 6.07) is 54.6. The van der Waals surface area contributed by atoms with Crippen LogP contribution in [0.2, 0.25) is 0 Å². The molecule has 0 radical (unpaired) electrons. The van der Waals surface area contributed by atoms with Gasteiger partial charge in [0.2, 0.25) is 5.89 Å². The Balaban J connectivity index is 1.18. The summed E-state index contributed by atoms with van der Waals surface area (Å²) in [5.41, 5.74) is 5.34. The second-order valence-corrected chi connectivity index (χ2v) is 14.1.